The van der Waals surface area contributed by atoms with E-state index in [2.05, 4.69) is 31.7 Å². The summed E-state index contributed by atoms with van der Waals surface area (Å²) < 4.78 is 0. The number of nitrogens with zero attached hydrogens (tertiary/aromatic N) is 1. The highest BCUT2D eigenvalue weighted by Crippen LogP contribution is 2.36. The van der Waals surface area contributed by atoms with E-state index >= 15 is 0 Å². The average molecular weight is 207 g/mol. The van der Waals surface area contributed by atoms with Crippen LogP contribution in [-0.4, -0.2) is 18.0 Å². The maximum atomic E-state index is 2.65. The van der Waals surface area contributed by atoms with Crippen molar-refractivity contribution in [2.45, 2.75) is 52.9 Å². The molecule has 0 amide bonds. The van der Waals surface area contributed by atoms with Crippen molar-refractivity contribution in [1.29, 1.82) is 0 Å². The Morgan fingerprint density at radius 3 is 2.60 bits per heavy atom. The zero-order valence-corrected chi connectivity index (χ0v) is 10.6. The van der Waals surface area contributed by atoms with Crippen LogP contribution in [0.15, 0.2) is 11.8 Å². The third-order valence-electron chi connectivity index (χ3n) is 4.09. The fraction of sp³-hybridized carbons (Fsp3) is 0.857. The molecule has 1 heteroatoms. The molecule has 1 aliphatic heterocycles. The zero-order valence-electron chi connectivity index (χ0n) is 10.6. The van der Waals surface area contributed by atoms with E-state index in [1.807, 2.05) is 0 Å². The van der Waals surface area contributed by atoms with Crippen LogP contribution in [0.1, 0.15) is 52.9 Å². The summed E-state index contributed by atoms with van der Waals surface area (Å²) in [6.07, 6.45) is 9.32. The van der Waals surface area contributed by atoms with E-state index in [1.165, 1.54) is 45.2 Å². The SMILES string of the molecule is CC(C)(C)C1CCN(C2=CCCCC2)C1. The molecule has 0 N–H and O–H groups in total. The molecule has 0 radical (unpaired) electrons. The van der Waals surface area contributed by atoms with Crippen LogP contribution in [0.5, 0.6) is 0 Å². The molecule has 0 aromatic carbocycles. The molecule has 0 saturated carbocycles. The van der Waals surface area contributed by atoms with Gasteiger partial charge in [-0.3, -0.25) is 0 Å². The first-order valence-electron chi connectivity index (χ1n) is 6.51. The van der Waals surface area contributed by atoms with Crippen LogP contribution in [0.2, 0.25) is 0 Å². The third kappa shape index (κ3) is 2.56. The van der Waals surface area contributed by atoms with Crippen molar-refractivity contribution in [3.8, 4) is 0 Å². The molecule has 0 spiro atoms. The van der Waals surface area contributed by atoms with Crippen molar-refractivity contribution in [3.63, 3.8) is 0 Å². The van der Waals surface area contributed by atoms with Gasteiger partial charge in [0, 0.05) is 18.8 Å². The molecule has 1 unspecified atom stereocenters. The highest BCUT2D eigenvalue weighted by Gasteiger charge is 2.32. The third-order valence-corrected chi connectivity index (χ3v) is 4.09. The van der Waals surface area contributed by atoms with Gasteiger partial charge < -0.3 is 4.90 Å². The lowest BCUT2D eigenvalue weighted by atomic mass is 9.80. The smallest absolute Gasteiger partial charge is 0.0208 e. The summed E-state index contributed by atoms with van der Waals surface area (Å²) in [4.78, 5) is 2.65. The van der Waals surface area contributed by atoms with E-state index in [4.69, 9.17) is 0 Å². The van der Waals surface area contributed by atoms with E-state index in [0.29, 0.717) is 5.41 Å². The number of hydrogen-bond acceptors (Lipinski definition) is 1. The lowest BCUT2D eigenvalue weighted by Crippen LogP contribution is -2.26. The second kappa shape index (κ2) is 4.19. The molecule has 1 aliphatic carbocycles. The molecule has 0 aromatic rings. The van der Waals surface area contributed by atoms with E-state index < -0.39 is 0 Å². The first kappa shape index (κ1) is 11.0. The molecule has 0 aromatic heterocycles. The fourth-order valence-corrected chi connectivity index (χ4v) is 2.84. The summed E-state index contributed by atoms with van der Waals surface area (Å²) >= 11 is 0. The van der Waals surface area contributed by atoms with Crippen molar-refractivity contribution in [3.05, 3.63) is 11.8 Å². The minimum atomic E-state index is 0.490. The normalized spacial score (nSPS) is 28.1. The highest BCUT2D eigenvalue weighted by atomic mass is 15.2. The molecule has 1 fully saturated rings. The first-order valence-corrected chi connectivity index (χ1v) is 6.51. The van der Waals surface area contributed by atoms with Gasteiger partial charge in [0.2, 0.25) is 0 Å². The molecule has 1 heterocycles. The number of rotatable bonds is 1. The lowest BCUT2D eigenvalue weighted by molar-refractivity contribution is 0.240. The van der Waals surface area contributed by atoms with Gasteiger partial charge in [0.1, 0.15) is 0 Å². The lowest BCUT2D eigenvalue weighted by Gasteiger charge is -2.29. The van der Waals surface area contributed by atoms with Gasteiger partial charge in [0.05, 0.1) is 0 Å². The molecule has 1 saturated heterocycles. The van der Waals surface area contributed by atoms with Crippen LogP contribution < -0.4 is 0 Å². The quantitative estimate of drug-likeness (QED) is 0.632. The summed E-state index contributed by atoms with van der Waals surface area (Å²) in [5.74, 6) is 0.889. The molecule has 15 heavy (non-hydrogen) atoms. The largest absolute Gasteiger partial charge is 0.375 e. The van der Waals surface area contributed by atoms with E-state index in [1.54, 1.807) is 5.70 Å². The molecular formula is C14H25N. The second-order valence-corrected chi connectivity index (χ2v) is 6.24. The standard InChI is InChI=1S/C14H25N/c1-14(2,3)12-9-10-15(11-12)13-7-5-4-6-8-13/h7,12H,4-6,8-11H2,1-3H3. The van der Waals surface area contributed by atoms with Gasteiger partial charge in [0.25, 0.3) is 0 Å². The van der Waals surface area contributed by atoms with Crippen molar-refractivity contribution in [1.82, 2.24) is 4.90 Å². The Balaban J connectivity index is 1.95. The summed E-state index contributed by atoms with van der Waals surface area (Å²) in [5.41, 5.74) is 2.14. The van der Waals surface area contributed by atoms with Crippen molar-refractivity contribution in [2.24, 2.45) is 11.3 Å². The van der Waals surface area contributed by atoms with Gasteiger partial charge in [-0.25, -0.2) is 0 Å². The van der Waals surface area contributed by atoms with Crippen LogP contribution in [0.3, 0.4) is 0 Å². The average Bonchev–Trinajstić information content (AvgIpc) is 2.67. The van der Waals surface area contributed by atoms with Crippen LogP contribution in [0, 0.1) is 11.3 Å². The molecule has 2 rings (SSSR count). The van der Waals surface area contributed by atoms with E-state index in [-0.39, 0.29) is 0 Å². The van der Waals surface area contributed by atoms with Crippen LogP contribution in [-0.2, 0) is 0 Å². The van der Waals surface area contributed by atoms with Crippen molar-refractivity contribution in [2.75, 3.05) is 13.1 Å². The van der Waals surface area contributed by atoms with Crippen LogP contribution in [0.25, 0.3) is 0 Å². The topological polar surface area (TPSA) is 3.24 Å². The zero-order chi connectivity index (χ0) is 10.9. The van der Waals surface area contributed by atoms with Crippen molar-refractivity contribution >= 4 is 0 Å². The van der Waals surface area contributed by atoms with Crippen molar-refractivity contribution < 1.29 is 0 Å². The molecule has 0 bridgehead atoms. The van der Waals surface area contributed by atoms with Crippen LogP contribution in [0.4, 0.5) is 0 Å². The Morgan fingerprint density at radius 1 is 1.27 bits per heavy atom. The Hall–Kier alpha value is -0.460. The second-order valence-electron chi connectivity index (χ2n) is 6.24. The molecule has 2 aliphatic rings. The number of allylic oxidation sites excluding steroid dienone is 2. The predicted molar refractivity (Wildman–Crippen MR) is 65.7 cm³/mol. The molecule has 86 valence electrons. The minimum Gasteiger partial charge on any atom is -0.375 e. The monoisotopic (exact) mass is 207 g/mol. The maximum Gasteiger partial charge on any atom is 0.0208 e. The van der Waals surface area contributed by atoms with Gasteiger partial charge in [-0.15, -0.1) is 0 Å². The molecule has 1 atom stereocenters. The predicted octanol–water partition coefficient (Wildman–Crippen LogP) is 3.81. The number of likely N-dealkylation sites (tertiary alicyclic amines) is 1. The maximum absolute atomic E-state index is 2.65. The first-order chi connectivity index (χ1) is 7.07. The van der Waals surface area contributed by atoms with Gasteiger partial charge in [-0.1, -0.05) is 26.8 Å². The molecule has 1 nitrogen and oxygen atoms in total. The van der Waals surface area contributed by atoms with Gasteiger partial charge in [-0.05, 0) is 43.4 Å². The Kier molecular flexibility index (Phi) is 3.08. The van der Waals surface area contributed by atoms with Gasteiger partial charge in [0.15, 0.2) is 0 Å². The summed E-state index contributed by atoms with van der Waals surface area (Å²) in [6.45, 7) is 9.76. The highest BCUT2D eigenvalue weighted by molar-refractivity contribution is 5.07. The van der Waals surface area contributed by atoms with Gasteiger partial charge >= 0.3 is 0 Å². The fourth-order valence-electron chi connectivity index (χ4n) is 2.84. The summed E-state index contributed by atoms with van der Waals surface area (Å²) in [7, 11) is 0. The molecular weight excluding hydrogens is 182 g/mol. The number of hydrogen-bond donors (Lipinski definition) is 0. The Labute approximate surface area is 94.5 Å². The van der Waals surface area contributed by atoms with E-state index in [0.717, 1.165) is 5.92 Å². The minimum absolute atomic E-state index is 0.490. The Bertz CT molecular complexity index is 247. The van der Waals surface area contributed by atoms with E-state index in [9.17, 15) is 0 Å². The Morgan fingerprint density at radius 2 is 2.07 bits per heavy atom. The van der Waals surface area contributed by atoms with Gasteiger partial charge in [-0.2, -0.15) is 0 Å². The summed E-state index contributed by atoms with van der Waals surface area (Å²) in [6, 6.07) is 0. The van der Waals surface area contributed by atoms with Crippen LogP contribution >= 0.6 is 0 Å². The summed E-state index contributed by atoms with van der Waals surface area (Å²) in [5, 5.41) is 0.